The third-order valence-corrected chi connectivity index (χ3v) is 3.56. The Morgan fingerprint density at radius 2 is 2.00 bits per heavy atom. The Hall–Kier alpha value is -1.85. The van der Waals surface area contributed by atoms with Gasteiger partial charge in [-0.1, -0.05) is 27.7 Å². The Labute approximate surface area is 125 Å². The quantitative estimate of drug-likeness (QED) is 0.816. The molecule has 1 N–H and O–H groups in total. The number of nitrogens with zero attached hydrogens (tertiary/aromatic N) is 1. The minimum Gasteiger partial charge on any atom is -0.464 e. The zero-order chi connectivity index (χ0) is 16.2. The van der Waals surface area contributed by atoms with Gasteiger partial charge in [0, 0.05) is 5.92 Å². The van der Waals surface area contributed by atoms with Gasteiger partial charge in [-0.2, -0.15) is 0 Å². The van der Waals surface area contributed by atoms with Gasteiger partial charge in [0.25, 0.3) is 5.91 Å². The number of rotatable bonds is 6. The van der Waals surface area contributed by atoms with Crippen LogP contribution in [0.1, 0.15) is 63.7 Å². The molecule has 1 aromatic rings. The Morgan fingerprint density at radius 3 is 2.48 bits per heavy atom. The number of hydrogen-bond donors (Lipinski definition) is 1. The van der Waals surface area contributed by atoms with Crippen LogP contribution in [-0.2, 0) is 9.53 Å². The molecule has 0 aliphatic heterocycles. The lowest BCUT2D eigenvalue weighted by Crippen LogP contribution is -2.56. The molecule has 0 fully saturated rings. The van der Waals surface area contributed by atoms with Gasteiger partial charge in [0.05, 0.1) is 6.61 Å². The molecule has 0 spiro atoms. The molecule has 0 saturated carbocycles. The average molecular weight is 296 g/mol. The average Bonchev–Trinajstić information content (AvgIpc) is 2.87. The monoisotopic (exact) mass is 296 g/mol. The summed E-state index contributed by atoms with van der Waals surface area (Å²) in [7, 11) is 0. The second-order valence-electron chi connectivity index (χ2n) is 5.75. The van der Waals surface area contributed by atoms with Crippen molar-refractivity contribution < 1.29 is 18.7 Å². The molecule has 0 aromatic carbocycles. The molecule has 0 aliphatic rings. The lowest BCUT2D eigenvalue weighted by atomic mass is 9.88. The highest BCUT2D eigenvalue weighted by atomic mass is 16.5. The maximum absolute atomic E-state index is 12.4. The van der Waals surface area contributed by atoms with Crippen LogP contribution in [0, 0.1) is 5.92 Å². The Bertz CT molecular complexity index is 508. The lowest BCUT2D eigenvalue weighted by molar-refractivity contribution is -0.152. The van der Waals surface area contributed by atoms with E-state index in [-0.39, 0.29) is 24.1 Å². The van der Waals surface area contributed by atoms with Crippen molar-refractivity contribution in [1.29, 1.82) is 0 Å². The molecule has 1 amide bonds. The van der Waals surface area contributed by atoms with Gasteiger partial charge >= 0.3 is 5.97 Å². The van der Waals surface area contributed by atoms with E-state index in [2.05, 4.69) is 10.3 Å². The fourth-order valence-electron chi connectivity index (χ4n) is 1.84. The van der Waals surface area contributed by atoms with Gasteiger partial charge in [0.15, 0.2) is 12.1 Å². The molecule has 1 heterocycles. The number of oxazole rings is 1. The molecule has 21 heavy (non-hydrogen) atoms. The standard InChI is InChI=1S/C15H24N2O4/c1-7-20-14(19)15(6,10(4)5)17-13(18)11-12(9(2)3)21-8-16-11/h8-10H,7H2,1-6H3,(H,17,18)/t15-/m1/s1. The second kappa shape index (κ2) is 6.74. The number of amides is 1. The predicted molar refractivity (Wildman–Crippen MR) is 77.9 cm³/mol. The maximum atomic E-state index is 12.4. The summed E-state index contributed by atoms with van der Waals surface area (Å²) in [6.45, 7) is 11.2. The largest absolute Gasteiger partial charge is 0.464 e. The van der Waals surface area contributed by atoms with E-state index < -0.39 is 17.4 Å². The fourth-order valence-corrected chi connectivity index (χ4v) is 1.84. The third-order valence-electron chi connectivity index (χ3n) is 3.56. The molecular weight excluding hydrogens is 272 g/mol. The number of esters is 1. The van der Waals surface area contributed by atoms with Crippen molar-refractivity contribution in [3.8, 4) is 0 Å². The van der Waals surface area contributed by atoms with Crippen LogP contribution >= 0.6 is 0 Å². The van der Waals surface area contributed by atoms with Crippen LogP contribution in [0.15, 0.2) is 10.8 Å². The predicted octanol–water partition coefficient (Wildman–Crippen LogP) is 2.51. The third kappa shape index (κ3) is 3.62. The van der Waals surface area contributed by atoms with Crippen molar-refractivity contribution in [3.05, 3.63) is 17.8 Å². The molecule has 1 rings (SSSR count). The molecule has 6 nitrogen and oxygen atoms in total. The van der Waals surface area contributed by atoms with E-state index in [0.717, 1.165) is 0 Å². The van der Waals surface area contributed by atoms with Crippen molar-refractivity contribution in [2.24, 2.45) is 5.92 Å². The molecule has 6 heteroatoms. The van der Waals surface area contributed by atoms with Crippen LogP contribution in [0.2, 0.25) is 0 Å². The summed E-state index contributed by atoms with van der Waals surface area (Å²) in [5.74, 6) is -0.488. The molecule has 118 valence electrons. The Balaban J connectivity index is 3.02. The van der Waals surface area contributed by atoms with E-state index in [4.69, 9.17) is 9.15 Å². The van der Waals surface area contributed by atoms with Gasteiger partial charge in [0.2, 0.25) is 0 Å². The van der Waals surface area contributed by atoms with E-state index in [1.54, 1.807) is 13.8 Å². The summed E-state index contributed by atoms with van der Waals surface area (Å²) < 4.78 is 10.3. The molecule has 1 aromatic heterocycles. The van der Waals surface area contributed by atoms with Gasteiger partial charge in [-0.15, -0.1) is 0 Å². The van der Waals surface area contributed by atoms with Crippen LogP contribution in [0.25, 0.3) is 0 Å². The summed E-state index contributed by atoms with van der Waals surface area (Å²) in [6.07, 6.45) is 1.24. The highest BCUT2D eigenvalue weighted by Crippen LogP contribution is 2.22. The number of carbonyl (C=O) groups excluding carboxylic acids is 2. The molecule has 0 unspecified atom stereocenters. The smallest absolute Gasteiger partial charge is 0.331 e. The topological polar surface area (TPSA) is 81.4 Å². The SMILES string of the molecule is CCOC(=O)[C@](C)(NC(=O)c1ncoc1C(C)C)C(C)C. The van der Waals surface area contributed by atoms with E-state index in [9.17, 15) is 9.59 Å². The van der Waals surface area contributed by atoms with Crippen molar-refractivity contribution in [1.82, 2.24) is 10.3 Å². The first-order chi connectivity index (χ1) is 9.74. The first-order valence-corrected chi connectivity index (χ1v) is 7.17. The highest BCUT2D eigenvalue weighted by Gasteiger charge is 2.40. The molecule has 1 atom stereocenters. The van der Waals surface area contributed by atoms with Crippen LogP contribution < -0.4 is 5.32 Å². The summed E-state index contributed by atoms with van der Waals surface area (Å²) in [5, 5.41) is 2.74. The Kier molecular flexibility index (Phi) is 5.52. The van der Waals surface area contributed by atoms with E-state index >= 15 is 0 Å². The number of nitrogens with one attached hydrogen (secondary N) is 1. The summed E-state index contributed by atoms with van der Waals surface area (Å²) in [5.41, 5.74) is -0.901. The first-order valence-electron chi connectivity index (χ1n) is 7.17. The minimum absolute atomic E-state index is 0.0288. The highest BCUT2D eigenvalue weighted by molar-refractivity contribution is 5.97. The zero-order valence-electron chi connectivity index (χ0n) is 13.5. The van der Waals surface area contributed by atoms with Crippen molar-refractivity contribution in [2.45, 2.75) is 53.0 Å². The van der Waals surface area contributed by atoms with Gasteiger partial charge in [-0.05, 0) is 19.8 Å². The summed E-state index contributed by atoms with van der Waals surface area (Å²) in [6, 6.07) is 0. The number of carbonyl (C=O) groups is 2. The van der Waals surface area contributed by atoms with Crippen LogP contribution in [-0.4, -0.2) is 29.0 Å². The van der Waals surface area contributed by atoms with Crippen LogP contribution in [0.4, 0.5) is 0 Å². The number of aromatic nitrogens is 1. The van der Waals surface area contributed by atoms with Gasteiger partial charge in [-0.3, -0.25) is 4.79 Å². The fraction of sp³-hybridized carbons (Fsp3) is 0.667. The van der Waals surface area contributed by atoms with Crippen molar-refractivity contribution >= 4 is 11.9 Å². The van der Waals surface area contributed by atoms with Crippen molar-refractivity contribution in [3.63, 3.8) is 0 Å². The van der Waals surface area contributed by atoms with Gasteiger partial charge in [0.1, 0.15) is 11.3 Å². The molecule has 0 saturated heterocycles. The minimum atomic E-state index is -1.11. The molecular formula is C15H24N2O4. The van der Waals surface area contributed by atoms with Gasteiger partial charge in [-0.25, -0.2) is 9.78 Å². The van der Waals surface area contributed by atoms with E-state index in [1.807, 2.05) is 27.7 Å². The van der Waals surface area contributed by atoms with Crippen molar-refractivity contribution in [2.75, 3.05) is 6.61 Å². The molecule has 0 radical (unpaired) electrons. The first kappa shape index (κ1) is 17.2. The number of hydrogen-bond acceptors (Lipinski definition) is 5. The number of ether oxygens (including phenoxy) is 1. The lowest BCUT2D eigenvalue weighted by Gasteiger charge is -2.31. The van der Waals surface area contributed by atoms with Crippen LogP contribution in [0.3, 0.4) is 0 Å². The zero-order valence-corrected chi connectivity index (χ0v) is 13.5. The second-order valence-corrected chi connectivity index (χ2v) is 5.75. The van der Waals surface area contributed by atoms with Crippen LogP contribution in [0.5, 0.6) is 0 Å². The summed E-state index contributed by atoms with van der Waals surface area (Å²) >= 11 is 0. The molecule has 0 aliphatic carbocycles. The van der Waals surface area contributed by atoms with Gasteiger partial charge < -0.3 is 14.5 Å². The Morgan fingerprint density at radius 1 is 1.38 bits per heavy atom. The van der Waals surface area contributed by atoms with E-state index in [1.165, 1.54) is 6.39 Å². The summed E-state index contributed by atoms with van der Waals surface area (Å²) in [4.78, 5) is 28.5. The normalized spacial score (nSPS) is 14.1. The van der Waals surface area contributed by atoms with E-state index in [0.29, 0.717) is 5.76 Å². The maximum Gasteiger partial charge on any atom is 0.331 e. The molecule has 0 bridgehead atoms.